The highest BCUT2D eigenvalue weighted by Gasteiger charge is 2.27. The molecule has 0 radical (unpaired) electrons. The first-order chi connectivity index (χ1) is 9.51. The number of carbonyl (C=O) groups is 1. The molecule has 0 fully saturated rings. The van der Waals surface area contributed by atoms with Gasteiger partial charge in [-0.15, -0.1) is 0 Å². The number of rotatable bonds is 9. The molecule has 0 saturated carbocycles. The van der Waals surface area contributed by atoms with Crippen molar-refractivity contribution in [2.75, 3.05) is 12.0 Å². The second kappa shape index (κ2) is 7.98. The molecule has 1 aromatic heterocycles. The Kier molecular flexibility index (Phi) is 6.95. The zero-order valence-electron chi connectivity index (χ0n) is 12.7. The van der Waals surface area contributed by atoms with Gasteiger partial charge in [0.2, 0.25) is 0 Å². The molecular weight excluding hydrogens is 292 g/mol. The predicted molar refractivity (Wildman–Crippen MR) is 86.8 cm³/mol. The molecule has 0 bridgehead atoms. The van der Waals surface area contributed by atoms with Crippen LogP contribution in [0, 0.1) is 0 Å². The standard InChI is InChI=1S/C14H24N2O2S2/c1-5-11-8-15-13(20-9-12(17)18)16(11)10-14(6-2,7-3)19-4/h8H,5-7,9-10H2,1-4H3,(H,17,18). The van der Waals surface area contributed by atoms with Gasteiger partial charge in [-0.2, -0.15) is 11.8 Å². The number of hydrogen-bond acceptors (Lipinski definition) is 4. The van der Waals surface area contributed by atoms with Crippen LogP contribution in [0.4, 0.5) is 0 Å². The minimum Gasteiger partial charge on any atom is -0.481 e. The molecule has 0 aliphatic rings. The summed E-state index contributed by atoms with van der Waals surface area (Å²) in [5.41, 5.74) is 1.18. The quantitative estimate of drug-likeness (QED) is 0.706. The van der Waals surface area contributed by atoms with Crippen LogP contribution in [0.15, 0.2) is 11.4 Å². The van der Waals surface area contributed by atoms with Gasteiger partial charge in [0.15, 0.2) is 5.16 Å². The number of imidazole rings is 1. The molecule has 4 nitrogen and oxygen atoms in total. The van der Waals surface area contributed by atoms with E-state index in [9.17, 15) is 4.79 Å². The first kappa shape index (κ1) is 17.4. The molecule has 1 aromatic rings. The Morgan fingerprint density at radius 2 is 2.05 bits per heavy atom. The van der Waals surface area contributed by atoms with Gasteiger partial charge in [0.05, 0.1) is 5.75 Å². The summed E-state index contributed by atoms with van der Waals surface area (Å²) in [5.74, 6) is -0.741. The Bertz CT molecular complexity index is 434. The van der Waals surface area contributed by atoms with Crippen molar-refractivity contribution in [2.24, 2.45) is 0 Å². The lowest BCUT2D eigenvalue weighted by molar-refractivity contribution is -0.133. The van der Waals surface area contributed by atoms with Gasteiger partial charge in [-0.05, 0) is 25.5 Å². The number of aromatic nitrogens is 2. The van der Waals surface area contributed by atoms with E-state index in [4.69, 9.17) is 5.11 Å². The minimum absolute atomic E-state index is 0.0602. The van der Waals surface area contributed by atoms with Gasteiger partial charge in [0, 0.05) is 23.2 Å². The van der Waals surface area contributed by atoms with Gasteiger partial charge in [0.1, 0.15) is 0 Å². The van der Waals surface area contributed by atoms with Crippen molar-refractivity contribution < 1.29 is 9.90 Å². The third kappa shape index (κ3) is 4.19. The van der Waals surface area contributed by atoms with Crippen LogP contribution in [0.3, 0.4) is 0 Å². The molecule has 1 N–H and O–H groups in total. The molecule has 6 heteroatoms. The number of aryl methyl sites for hydroxylation is 1. The fourth-order valence-corrected chi connectivity index (χ4v) is 3.75. The van der Waals surface area contributed by atoms with Crippen LogP contribution in [0.5, 0.6) is 0 Å². The van der Waals surface area contributed by atoms with E-state index >= 15 is 0 Å². The molecule has 0 atom stereocenters. The van der Waals surface area contributed by atoms with Crippen LogP contribution in [-0.4, -0.2) is 37.4 Å². The normalized spacial score (nSPS) is 11.8. The highest BCUT2D eigenvalue weighted by molar-refractivity contribution is 8.00. The first-order valence-corrected chi connectivity index (χ1v) is 9.17. The lowest BCUT2D eigenvalue weighted by atomic mass is 10.0. The van der Waals surface area contributed by atoms with Crippen LogP contribution < -0.4 is 0 Å². The number of nitrogens with zero attached hydrogens (tertiary/aromatic N) is 2. The third-order valence-corrected chi connectivity index (χ3v) is 6.30. The van der Waals surface area contributed by atoms with Gasteiger partial charge in [-0.1, -0.05) is 32.5 Å². The van der Waals surface area contributed by atoms with E-state index in [-0.39, 0.29) is 10.5 Å². The molecular formula is C14H24N2O2S2. The molecule has 0 aliphatic carbocycles. The highest BCUT2D eigenvalue weighted by atomic mass is 32.2. The number of aliphatic carboxylic acids is 1. The molecule has 0 aromatic carbocycles. The fraction of sp³-hybridized carbons (Fsp3) is 0.714. The Labute approximate surface area is 129 Å². The maximum absolute atomic E-state index is 10.8. The third-order valence-electron chi connectivity index (χ3n) is 3.76. The number of hydrogen-bond donors (Lipinski definition) is 1. The Morgan fingerprint density at radius 3 is 2.50 bits per heavy atom. The topological polar surface area (TPSA) is 55.1 Å². The van der Waals surface area contributed by atoms with E-state index < -0.39 is 5.97 Å². The Balaban J connectivity index is 3.01. The maximum atomic E-state index is 10.8. The lowest BCUT2D eigenvalue weighted by Gasteiger charge is -2.31. The van der Waals surface area contributed by atoms with Crippen molar-refractivity contribution in [2.45, 2.75) is 56.5 Å². The van der Waals surface area contributed by atoms with Crippen LogP contribution in [0.1, 0.15) is 39.3 Å². The van der Waals surface area contributed by atoms with E-state index in [1.165, 1.54) is 17.5 Å². The first-order valence-electron chi connectivity index (χ1n) is 6.96. The maximum Gasteiger partial charge on any atom is 0.313 e. The van der Waals surface area contributed by atoms with Gasteiger partial charge in [0.25, 0.3) is 0 Å². The van der Waals surface area contributed by atoms with Crippen molar-refractivity contribution in [1.29, 1.82) is 0 Å². The molecule has 0 saturated heterocycles. The highest BCUT2D eigenvalue weighted by Crippen LogP contribution is 2.34. The second-order valence-corrected chi connectivity index (χ2v) is 6.97. The van der Waals surface area contributed by atoms with Crippen LogP contribution in [0.2, 0.25) is 0 Å². The molecule has 1 rings (SSSR count). The Hall–Kier alpha value is -0.620. The molecule has 114 valence electrons. The van der Waals surface area contributed by atoms with E-state index in [2.05, 4.69) is 36.6 Å². The van der Waals surface area contributed by atoms with Crippen LogP contribution in [0.25, 0.3) is 0 Å². The smallest absolute Gasteiger partial charge is 0.313 e. The second-order valence-electron chi connectivity index (χ2n) is 4.75. The number of thioether (sulfide) groups is 2. The van der Waals surface area contributed by atoms with Gasteiger partial charge >= 0.3 is 5.97 Å². The van der Waals surface area contributed by atoms with E-state index in [1.807, 2.05) is 18.0 Å². The summed E-state index contributed by atoms with van der Waals surface area (Å²) >= 11 is 3.20. The van der Waals surface area contributed by atoms with Gasteiger partial charge in [-0.25, -0.2) is 4.98 Å². The van der Waals surface area contributed by atoms with Crippen molar-refractivity contribution in [1.82, 2.24) is 9.55 Å². The average molecular weight is 316 g/mol. The summed E-state index contributed by atoms with van der Waals surface area (Å²) in [6.07, 6.45) is 7.13. The minimum atomic E-state index is -0.801. The summed E-state index contributed by atoms with van der Waals surface area (Å²) in [5, 5.41) is 9.66. The summed E-state index contributed by atoms with van der Waals surface area (Å²) in [6.45, 7) is 7.43. The fourth-order valence-electron chi connectivity index (χ4n) is 2.20. The van der Waals surface area contributed by atoms with Crippen molar-refractivity contribution >= 4 is 29.5 Å². The predicted octanol–water partition coefficient (Wildman–Crippen LogP) is 3.54. The average Bonchev–Trinajstić information content (AvgIpc) is 2.84. The van der Waals surface area contributed by atoms with E-state index in [0.717, 1.165) is 31.0 Å². The summed E-state index contributed by atoms with van der Waals surface area (Å²) in [4.78, 5) is 15.2. The number of carboxylic acid groups (broad SMARTS) is 1. The van der Waals surface area contributed by atoms with Crippen molar-refractivity contribution in [3.8, 4) is 0 Å². The zero-order valence-corrected chi connectivity index (χ0v) is 14.3. The number of carboxylic acids is 1. The molecule has 0 aliphatic heterocycles. The Morgan fingerprint density at radius 1 is 1.40 bits per heavy atom. The summed E-state index contributed by atoms with van der Waals surface area (Å²) < 4.78 is 2.40. The molecule has 0 amide bonds. The summed E-state index contributed by atoms with van der Waals surface area (Å²) in [7, 11) is 0. The summed E-state index contributed by atoms with van der Waals surface area (Å²) in [6, 6.07) is 0. The van der Waals surface area contributed by atoms with Crippen molar-refractivity contribution in [3.63, 3.8) is 0 Å². The van der Waals surface area contributed by atoms with E-state index in [1.54, 1.807) is 0 Å². The lowest BCUT2D eigenvalue weighted by Crippen LogP contribution is -2.30. The zero-order chi connectivity index (χ0) is 15.2. The molecule has 0 spiro atoms. The van der Waals surface area contributed by atoms with Crippen molar-refractivity contribution in [3.05, 3.63) is 11.9 Å². The van der Waals surface area contributed by atoms with Gasteiger partial charge < -0.3 is 9.67 Å². The molecule has 0 unspecified atom stereocenters. The van der Waals surface area contributed by atoms with E-state index in [0.29, 0.717) is 0 Å². The SMILES string of the molecule is CCc1cnc(SCC(=O)O)n1CC(CC)(CC)SC. The van der Waals surface area contributed by atoms with Crippen LogP contribution >= 0.6 is 23.5 Å². The molecule has 20 heavy (non-hydrogen) atoms. The largest absolute Gasteiger partial charge is 0.481 e. The molecule has 1 heterocycles. The monoisotopic (exact) mass is 316 g/mol. The van der Waals surface area contributed by atoms with Gasteiger partial charge in [-0.3, -0.25) is 4.79 Å². The van der Waals surface area contributed by atoms with Crippen LogP contribution in [-0.2, 0) is 17.8 Å².